The summed E-state index contributed by atoms with van der Waals surface area (Å²) in [5.41, 5.74) is 0.713. The van der Waals surface area contributed by atoms with Gasteiger partial charge in [0, 0.05) is 5.02 Å². The van der Waals surface area contributed by atoms with Crippen LogP contribution in [0.25, 0.3) is 0 Å². The van der Waals surface area contributed by atoms with Gasteiger partial charge in [0.25, 0.3) is 0 Å². The van der Waals surface area contributed by atoms with E-state index in [-0.39, 0.29) is 0 Å². The van der Waals surface area contributed by atoms with Crippen LogP contribution in [0.2, 0.25) is 5.02 Å². The molecule has 0 bridgehead atoms. The third-order valence-electron chi connectivity index (χ3n) is 1.95. The standard InChI is InChI=1S/C11H11ClO2.C2H6/c1-2-4-10(11(13)14)8-5-3-6-9(12)7-8;1-2/h2-3,5-7,10H,1,4H2,(H,13,14);1-2H3. The monoisotopic (exact) mass is 240 g/mol. The van der Waals surface area contributed by atoms with Crippen LogP contribution < -0.4 is 0 Å². The molecule has 0 aromatic heterocycles. The molecule has 1 aromatic carbocycles. The molecule has 1 unspecified atom stereocenters. The molecule has 1 N–H and O–H groups in total. The Balaban J connectivity index is 0.00000106. The molecule has 0 heterocycles. The number of aliphatic carboxylic acids is 1. The van der Waals surface area contributed by atoms with Gasteiger partial charge in [0.2, 0.25) is 0 Å². The second-order valence-electron chi connectivity index (χ2n) is 2.97. The molecular weight excluding hydrogens is 224 g/mol. The van der Waals surface area contributed by atoms with Gasteiger partial charge in [-0.15, -0.1) is 6.58 Å². The van der Waals surface area contributed by atoms with E-state index in [1.807, 2.05) is 13.8 Å². The highest BCUT2D eigenvalue weighted by molar-refractivity contribution is 6.30. The zero-order valence-corrected chi connectivity index (χ0v) is 10.4. The molecule has 1 aromatic rings. The molecule has 0 aliphatic carbocycles. The fraction of sp³-hybridized carbons (Fsp3) is 0.308. The van der Waals surface area contributed by atoms with E-state index in [1.54, 1.807) is 30.3 Å². The Hall–Kier alpha value is -1.28. The summed E-state index contributed by atoms with van der Waals surface area (Å²) in [5, 5.41) is 9.51. The lowest BCUT2D eigenvalue weighted by atomic mass is 9.96. The van der Waals surface area contributed by atoms with Crippen LogP contribution in [-0.4, -0.2) is 11.1 Å². The van der Waals surface area contributed by atoms with Crippen molar-refractivity contribution in [3.05, 3.63) is 47.5 Å². The van der Waals surface area contributed by atoms with Gasteiger partial charge in [0.05, 0.1) is 5.92 Å². The van der Waals surface area contributed by atoms with Crippen LogP contribution >= 0.6 is 11.6 Å². The molecule has 0 spiro atoms. The minimum absolute atomic E-state index is 0.412. The summed E-state index contributed by atoms with van der Waals surface area (Å²) in [4.78, 5) is 10.9. The van der Waals surface area contributed by atoms with Crippen molar-refractivity contribution in [1.82, 2.24) is 0 Å². The first kappa shape index (κ1) is 14.7. The summed E-state index contributed by atoms with van der Waals surface area (Å²) in [5.74, 6) is -1.40. The molecule has 1 atom stereocenters. The van der Waals surface area contributed by atoms with Crippen molar-refractivity contribution < 1.29 is 9.90 Å². The maximum atomic E-state index is 10.9. The van der Waals surface area contributed by atoms with E-state index in [2.05, 4.69) is 6.58 Å². The Labute approximate surface area is 102 Å². The van der Waals surface area contributed by atoms with Gasteiger partial charge < -0.3 is 5.11 Å². The van der Waals surface area contributed by atoms with Gasteiger partial charge in [-0.25, -0.2) is 0 Å². The van der Waals surface area contributed by atoms with Gasteiger partial charge >= 0.3 is 5.97 Å². The number of carboxylic acids is 1. The van der Waals surface area contributed by atoms with Crippen LogP contribution in [0, 0.1) is 0 Å². The second-order valence-corrected chi connectivity index (χ2v) is 3.41. The number of halogens is 1. The average Bonchev–Trinajstić information content (AvgIpc) is 2.28. The van der Waals surface area contributed by atoms with Crippen LogP contribution in [0.5, 0.6) is 0 Å². The number of benzene rings is 1. The predicted molar refractivity (Wildman–Crippen MR) is 68.0 cm³/mol. The van der Waals surface area contributed by atoms with E-state index in [0.29, 0.717) is 17.0 Å². The largest absolute Gasteiger partial charge is 0.481 e. The van der Waals surface area contributed by atoms with Gasteiger partial charge in [-0.3, -0.25) is 4.79 Å². The lowest BCUT2D eigenvalue weighted by molar-refractivity contribution is -0.138. The molecule has 0 amide bonds. The van der Waals surface area contributed by atoms with Gasteiger partial charge in [0.1, 0.15) is 0 Å². The highest BCUT2D eigenvalue weighted by Gasteiger charge is 2.17. The maximum absolute atomic E-state index is 10.9. The van der Waals surface area contributed by atoms with Gasteiger partial charge in [-0.2, -0.15) is 0 Å². The Bertz CT molecular complexity index is 348. The molecule has 0 fully saturated rings. The van der Waals surface area contributed by atoms with E-state index in [4.69, 9.17) is 16.7 Å². The SMILES string of the molecule is C=CCC(C(=O)O)c1cccc(Cl)c1.CC. The Morgan fingerprint density at radius 3 is 2.62 bits per heavy atom. The summed E-state index contributed by atoms with van der Waals surface area (Å²) in [6.07, 6.45) is 2.01. The third kappa shape index (κ3) is 4.49. The Kier molecular flexibility index (Phi) is 7.31. The van der Waals surface area contributed by atoms with Crippen molar-refractivity contribution in [2.45, 2.75) is 26.2 Å². The molecular formula is C13H17ClO2. The topological polar surface area (TPSA) is 37.3 Å². The van der Waals surface area contributed by atoms with Crippen molar-refractivity contribution in [2.75, 3.05) is 0 Å². The van der Waals surface area contributed by atoms with Crippen LogP contribution in [0.3, 0.4) is 0 Å². The predicted octanol–water partition coefficient (Wildman–Crippen LogP) is 4.11. The first-order valence-corrected chi connectivity index (χ1v) is 5.62. The van der Waals surface area contributed by atoms with Crippen molar-refractivity contribution in [3.8, 4) is 0 Å². The van der Waals surface area contributed by atoms with Crippen LogP contribution in [0.1, 0.15) is 31.7 Å². The second kappa shape index (κ2) is 7.94. The molecule has 2 nitrogen and oxygen atoms in total. The fourth-order valence-corrected chi connectivity index (χ4v) is 1.47. The zero-order chi connectivity index (χ0) is 12.6. The molecule has 16 heavy (non-hydrogen) atoms. The minimum Gasteiger partial charge on any atom is -0.481 e. The summed E-state index contributed by atoms with van der Waals surface area (Å²) in [6, 6.07) is 6.90. The number of carbonyl (C=O) groups is 1. The van der Waals surface area contributed by atoms with Gasteiger partial charge in [0.15, 0.2) is 0 Å². The van der Waals surface area contributed by atoms with Crippen LogP contribution in [0.4, 0.5) is 0 Å². The van der Waals surface area contributed by atoms with Crippen molar-refractivity contribution in [1.29, 1.82) is 0 Å². The molecule has 0 radical (unpaired) electrons. The summed E-state index contributed by atoms with van der Waals surface area (Å²) in [6.45, 7) is 7.53. The lowest BCUT2D eigenvalue weighted by Crippen LogP contribution is -2.10. The van der Waals surface area contributed by atoms with E-state index in [0.717, 1.165) is 0 Å². The zero-order valence-electron chi connectivity index (χ0n) is 9.61. The molecule has 88 valence electrons. The highest BCUT2D eigenvalue weighted by Crippen LogP contribution is 2.23. The molecule has 1 rings (SSSR count). The molecule has 0 saturated carbocycles. The maximum Gasteiger partial charge on any atom is 0.311 e. The van der Waals surface area contributed by atoms with E-state index < -0.39 is 11.9 Å². The van der Waals surface area contributed by atoms with Gasteiger partial charge in [-0.05, 0) is 24.1 Å². The molecule has 3 heteroatoms. The number of rotatable bonds is 4. The number of carboxylic acid groups (broad SMARTS) is 1. The first-order chi connectivity index (χ1) is 7.65. The minimum atomic E-state index is -0.854. The average molecular weight is 241 g/mol. The summed E-state index contributed by atoms with van der Waals surface area (Å²) >= 11 is 5.78. The Morgan fingerprint density at radius 1 is 1.56 bits per heavy atom. The van der Waals surface area contributed by atoms with Crippen molar-refractivity contribution >= 4 is 17.6 Å². The fourth-order valence-electron chi connectivity index (χ4n) is 1.27. The van der Waals surface area contributed by atoms with Crippen LogP contribution in [-0.2, 0) is 4.79 Å². The number of hydrogen-bond donors (Lipinski definition) is 1. The van der Waals surface area contributed by atoms with Crippen LogP contribution in [0.15, 0.2) is 36.9 Å². The smallest absolute Gasteiger partial charge is 0.311 e. The highest BCUT2D eigenvalue weighted by atomic mass is 35.5. The third-order valence-corrected chi connectivity index (χ3v) is 2.19. The lowest BCUT2D eigenvalue weighted by Gasteiger charge is -2.10. The van der Waals surface area contributed by atoms with Crippen molar-refractivity contribution in [2.24, 2.45) is 0 Å². The molecule has 0 saturated heterocycles. The van der Waals surface area contributed by atoms with Gasteiger partial charge in [-0.1, -0.05) is 43.7 Å². The van der Waals surface area contributed by atoms with E-state index in [1.165, 1.54) is 0 Å². The quantitative estimate of drug-likeness (QED) is 0.805. The van der Waals surface area contributed by atoms with Crippen molar-refractivity contribution in [3.63, 3.8) is 0 Å². The molecule has 0 aliphatic rings. The number of allylic oxidation sites excluding steroid dienone is 1. The number of hydrogen-bond acceptors (Lipinski definition) is 1. The summed E-state index contributed by atoms with van der Waals surface area (Å²) < 4.78 is 0. The van der Waals surface area contributed by atoms with E-state index in [9.17, 15) is 4.79 Å². The Morgan fingerprint density at radius 2 is 2.19 bits per heavy atom. The molecule has 0 aliphatic heterocycles. The normalized spacial score (nSPS) is 10.9. The summed E-state index contributed by atoms with van der Waals surface area (Å²) in [7, 11) is 0. The van der Waals surface area contributed by atoms with E-state index >= 15 is 0 Å². The first-order valence-electron chi connectivity index (χ1n) is 5.24.